The molecule has 1 N–H and O–H groups in total. The molecule has 75 valence electrons. The molecule has 0 saturated carbocycles. The van der Waals surface area contributed by atoms with E-state index in [9.17, 15) is 13.9 Å². The SMILES string of the molecule is Oc1ccc[c]c1-c1c(F)cccc1F. The van der Waals surface area contributed by atoms with Crippen molar-refractivity contribution in [3.05, 3.63) is 54.1 Å². The van der Waals surface area contributed by atoms with Gasteiger partial charge in [-0.25, -0.2) is 8.78 Å². The third-order valence-electron chi connectivity index (χ3n) is 2.05. The van der Waals surface area contributed by atoms with E-state index in [2.05, 4.69) is 6.07 Å². The van der Waals surface area contributed by atoms with Crippen LogP contribution in [0.2, 0.25) is 0 Å². The molecule has 2 aromatic carbocycles. The Morgan fingerprint density at radius 3 is 2.27 bits per heavy atom. The normalized spacial score (nSPS) is 10.3. The molecule has 3 heteroatoms. The third-order valence-corrected chi connectivity index (χ3v) is 2.05. The maximum absolute atomic E-state index is 13.3. The molecule has 0 unspecified atom stereocenters. The molecule has 0 aliphatic carbocycles. The van der Waals surface area contributed by atoms with Crippen molar-refractivity contribution in [3.8, 4) is 16.9 Å². The average molecular weight is 205 g/mol. The summed E-state index contributed by atoms with van der Waals surface area (Å²) in [5.74, 6) is -1.62. The van der Waals surface area contributed by atoms with Crippen molar-refractivity contribution in [1.29, 1.82) is 0 Å². The summed E-state index contributed by atoms with van der Waals surface area (Å²) in [5.41, 5.74) is -0.219. The van der Waals surface area contributed by atoms with E-state index >= 15 is 0 Å². The molecule has 0 amide bonds. The van der Waals surface area contributed by atoms with Gasteiger partial charge in [0.15, 0.2) is 0 Å². The van der Waals surface area contributed by atoms with Crippen LogP contribution >= 0.6 is 0 Å². The van der Waals surface area contributed by atoms with Crippen LogP contribution in [0.5, 0.6) is 5.75 Å². The average Bonchev–Trinajstić information content (AvgIpc) is 2.20. The van der Waals surface area contributed by atoms with Crippen molar-refractivity contribution in [3.63, 3.8) is 0 Å². The van der Waals surface area contributed by atoms with Crippen molar-refractivity contribution >= 4 is 0 Å². The Morgan fingerprint density at radius 1 is 1.00 bits per heavy atom. The summed E-state index contributed by atoms with van der Waals surface area (Å²) in [7, 11) is 0. The molecule has 0 atom stereocenters. The topological polar surface area (TPSA) is 20.2 Å². The van der Waals surface area contributed by atoms with Gasteiger partial charge < -0.3 is 5.11 Å². The largest absolute Gasteiger partial charge is 0.507 e. The standard InChI is InChI=1S/C12H7F2O/c13-9-5-3-6-10(14)12(9)8-4-1-2-7-11(8)15/h1-3,5-7,15H. The molecular formula is C12H7F2O. The molecule has 0 aromatic heterocycles. The van der Waals surface area contributed by atoms with Crippen LogP contribution < -0.4 is 0 Å². The lowest BCUT2D eigenvalue weighted by molar-refractivity contribution is 0.475. The van der Waals surface area contributed by atoms with Crippen LogP contribution in [0.15, 0.2) is 36.4 Å². The number of rotatable bonds is 1. The molecule has 2 rings (SSSR count). The number of phenolic OH excluding ortho intramolecular Hbond substituents is 1. The Morgan fingerprint density at radius 2 is 1.67 bits per heavy atom. The third kappa shape index (κ3) is 1.68. The van der Waals surface area contributed by atoms with Crippen LogP contribution in [0.4, 0.5) is 8.78 Å². The summed E-state index contributed by atoms with van der Waals surface area (Å²) in [6.45, 7) is 0. The molecular weight excluding hydrogens is 198 g/mol. The molecule has 0 aliphatic rings. The Bertz CT molecular complexity index is 474. The first-order chi connectivity index (χ1) is 7.20. The summed E-state index contributed by atoms with van der Waals surface area (Å²) in [6, 6.07) is 10.5. The quantitative estimate of drug-likeness (QED) is 0.758. The van der Waals surface area contributed by atoms with Crippen molar-refractivity contribution < 1.29 is 13.9 Å². The van der Waals surface area contributed by atoms with E-state index < -0.39 is 11.6 Å². The molecule has 0 saturated heterocycles. The lowest BCUT2D eigenvalue weighted by atomic mass is 10.0. The van der Waals surface area contributed by atoms with Crippen LogP contribution in [-0.4, -0.2) is 5.11 Å². The highest BCUT2D eigenvalue weighted by Gasteiger charge is 2.13. The van der Waals surface area contributed by atoms with Crippen molar-refractivity contribution in [2.75, 3.05) is 0 Å². The molecule has 2 aromatic rings. The number of aromatic hydroxyl groups is 1. The van der Waals surface area contributed by atoms with Crippen LogP contribution in [0, 0.1) is 17.7 Å². The molecule has 1 radical (unpaired) electrons. The fourth-order valence-corrected chi connectivity index (χ4v) is 1.36. The summed E-state index contributed by atoms with van der Waals surface area (Å²) in [6.07, 6.45) is 0. The number of phenols is 1. The lowest BCUT2D eigenvalue weighted by Crippen LogP contribution is -1.89. The number of halogens is 2. The highest BCUT2D eigenvalue weighted by molar-refractivity contribution is 5.70. The van der Waals surface area contributed by atoms with Gasteiger partial charge in [-0.2, -0.15) is 0 Å². The van der Waals surface area contributed by atoms with Crippen molar-refractivity contribution in [1.82, 2.24) is 0 Å². The van der Waals surface area contributed by atoms with Crippen molar-refractivity contribution in [2.24, 2.45) is 0 Å². The Hall–Kier alpha value is -1.90. The summed E-state index contributed by atoms with van der Waals surface area (Å²) in [4.78, 5) is 0. The number of hydrogen-bond acceptors (Lipinski definition) is 1. The molecule has 0 aliphatic heterocycles. The smallest absolute Gasteiger partial charge is 0.134 e. The predicted molar refractivity (Wildman–Crippen MR) is 52.3 cm³/mol. The summed E-state index contributed by atoms with van der Waals surface area (Å²) in [5, 5.41) is 9.45. The zero-order valence-corrected chi connectivity index (χ0v) is 7.67. The van der Waals surface area contributed by atoms with Gasteiger partial charge in [-0.05, 0) is 24.3 Å². The zero-order valence-electron chi connectivity index (χ0n) is 7.67. The minimum absolute atomic E-state index is 0.0353. The van der Waals surface area contributed by atoms with Gasteiger partial charge in [0.2, 0.25) is 0 Å². The molecule has 1 nitrogen and oxygen atoms in total. The monoisotopic (exact) mass is 205 g/mol. The minimum Gasteiger partial charge on any atom is -0.507 e. The summed E-state index contributed by atoms with van der Waals surface area (Å²) < 4.78 is 26.7. The van der Waals surface area contributed by atoms with Gasteiger partial charge in [0, 0.05) is 5.56 Å². The highest BCUT2D eigenvalue weighted by Crippen LogP contribution is 2.31. The van der Waals surface area contributed by atoms with E-state index in [-0.39, 0.29) is 16.9 Å². The van der Waals surface area contributed by atoms with Gasteiger partial charge in [0.05, 0.1) is 5.56 Å². The highest BCUT2D eigenvalue weighted by atomic mass is 19.1. The molecule has 0 fully saturated rings. The van der Waals surface area contributed by atoms with Gasteiger partial charge in [0.25, 0.3) is 0 Å². The van der Waals surface area contributed by atoms with E-state index in [1.165, 1.54) is 24.3 Å². The van der Waals surface area contributed by atoms with E-state index in [0.717, 1.165) is 12.1 Å². The van der Waals surface area contributed by atoms with Gasteiger partial charge in [-0.1, -0.05) is 18.2 Å². The second-order valence-corrected chi connectivity index (χ2v) is 3.03. The Labute approximate surface area is 85.6 Å². The van der Waals surface area contributed by atoms with E-state index in [4.69, 9.17) is 0 Å². The van der Waals surface area contributed by atoms with Crippen LogP contribution in [0.25, 0.3) is 11.1 Å². The fraction of sp³-hybridized carbons (Fsp3) is 0. The van der Waals surface area contributed by atoms with E-state index in [1.807, 2.05) is 0 Å². The second kappa shape index (κ2) is 3.69. The maximum atomic E-state index is 13.3. The van der Waals surface area contributed by atoms with Gasteiger partial charge >= 0.3 is 0 Å². The number of benzene rings is 2. The predicted octanol–water partition coefficient (Wildman–Crippen LogP) is 3.14. The number of hydrogen-bond donors (Lipinski definition) is 1. The van der Waals surface area contributed by atoms with Gasteiger partial charge in [0.1, 0.15) is 17.4 Å². The van der Waals surface area contributed by atoms with E-state index in [1.54, 1.807) is 0 Å². The zero-order chi connectivity index (χ0) is 10.8. The Kier molecular flexibility index (Phi) is 2.37. The second-order valence-electron chi connectivity index (χ2n) is 3.03. The van der Waals surface area contributed by atoms with Gasteiger partial charge in [-0.15, -0.1) is 0 Å². The first-order valence-electron chi connectivity index (χ1n) is 4.34. The maximum Gasteiger partial charge on any atom is 0.134 e. The summed E-state index contributed by atoms with van der Waals surface area (Å²) >= 11 is 0. The van der Waals surface area contributed by atoms with Gasteiger partial charge in [-0.3, -0.25) is 0 Å². The van der Waals surface area contributed by atoms with Crippen LogP contribution in [0.3, 0.4) is 0 Å². The Balaban J connectivity index is 2.69. The molecule has 0 spiro atoms. The van der Waals surface area contributed by atoms with Crippen LogP contribution in [-0.2, 0) is 0 Å². The van der Waals surface area contributed by atoms with Crippen LogP contribution in [0.1, 0.15) is 0 Å². The molecule has 15 heavy (non-hydrogen) atoms. The van der Waals surface area contributed by atoms with Crippen molar-refractivity contribution in [2.45, 2.75) is 0 Å². The van der Waals surface area contributed by atoms with E-state index in [0.29, 0.717) is 0 Å². The first-order valence-corrected chi connectivity index (χ1v) is 4.34. The first kappa shape index (κ1) is 9.65. The fourth-order valence-electron chi connectivity index (χ4n) is 1.36. The molecule has 0 bridgehead atoms. The lowest BCUT2D eigenvalue weighted by Gasteiger charge is -2.06. The molecule has 0 heterocycles. The minimum atomic E-state index is -0.715.